The maximum absolute atomic E-state index is 12.1. The van der Waals surface area contributed by atoms with Crippen molar-refractivity contribution in [3.63, 3.8) is 0 Å². The van der Waals surface area contributed by atoms with Crippen LogP contribution in [-0.4, -0.2) is 6.67 Å². The first-order valence-corrected chi connectivity index (χ1v) is 5.84. The number of halogens is 1. The lowest BCUT2D eigenvalue weighted by atomic mass is 9.81. The van der Waals surface area contributed by atoms with E-state index in [4.69, 9.17) is 0 Å². The molecule has 0 bridgehead atoms. The molecule has 0 nitrogen and oxygen atoms in total. The van der Waals surface area contributed by atoms with Crippen molar-refractivity contribution in [3.05, 3.63) is 0 Å². The van der Waals surface area contributed by atoms with Crippen LogP contribution in [0.2, 0.25) is 0 Å². The summed E-state index contributed by atoms with van der Waals surface area (Å²) < 4.78 is 12.1. The molecule has 1 heteroatoms. The first kappa shape index (κ1) is 12.9. The van der Waals surface area contributed by atoms with Crippen molar-refractivity contribution >= 4 is 0 Å². The molecule has 0 saturated heterocycles. The van der Waals surface area contributed by atoms with Crippen molar-refractivity contribution in [1.82, 2.24) is 0 Å². The first-order valence-electron chi connectivity index (χ1n) is 5.84. The Morgan fingerprint density at radius 2 is 1.31 bits per heavy atom. The second kappa shape index (κ2) is 8.52. The Labute approximate surface area is 82.9 Å². The Morgan fingerprint density at radius 3 is 1.62 bits per heavy atom. The van der Waals surface area contributed by atoms with Gasteiger partial charge in [-0.1, -0.05) is 46.5 Å². The summed E-state index contributed by atoms with van der Waals surface area (Å²) >= 11 is 0. The molecular weight excluding hydrogens is 163 g/mol. The third-order valence-corrected chi connectivity index (χ3v) is 2.76. The molecule has 0 N–H and O–H groups in total. The molecule has 0 aromatic carbocycles. The van der Waals surface area contributed by atoms with E-state index in [-0.39, 0.29) is 6.67 Å². The van der Waals surface area contributed by atoms with E-state index in [1.165, 1.54) is 25.7 Å². The van der Waals surface area contributed by atoms with Gasteiger partial charge in [0.1, 0.15) is 0 Å². The van der Waals surface area contributed by atoms with E-state index in [1.807, 2.05) is 0 Å². The zero-order valence-electron chi connectivity index (χ0n) is 9.48. The molecule has 0 atom stereocenters. The Balaban J connectivity index is 0.000000424. The number of hydrogen-bond donors (Lipinski definition) is 0. The molecule has 1 saturated carbocycles. The van der Waals surface area contributed by atoms with Gasteiger partial charge in [-0.05, 0) is 24.7 Å². The number of rotatable bonds is 2. The van der Waals surface area contributed by atoms with Gasteiger partial charge >= 0.3 is 0 Å². The summed E-state index contributed by atoms with van der Waals surface area (Å²) in [6.07, 6.45) is 7.35. The van der Waals surface area contributed by atoms with Crippen LogP contribution in [0.1, 0.15) is 59.3 Å². The maximum atomic E-state index is 12.1. The highest BCUT2D eigenvalue weighted by atomic mass is 19.1. The zero-order chi connectivity index (χ0) is 10.1. The van der Waals surface area contributed by atoms with Crippen molar-refractivity contribution < 1.29 is 4.39 Å². The first-order chi connectivity index (χ1) is 6.28. The molecule has 80 valence electrons. The highest BCUT2D eigenvalue weighted by Crippen LogP contribution is 2.30. The summed E-state index contributed by atoms with van der Waals surface area (Å²) in [5.41, 5.74) is 0. The fraction of sp³-hybridized carbons (Fsp3) is 1.00. The minimum atomic E-state index is -0.0869. The summed E-state index contributed by atoms with van der Waals surface area (Å²) in [7, 11) is 0. The largest absolute Gasteiger partial charge is 0.251 e. The van der Waals surface area contributed by atoms with Crippen molar-refractivity contribution in [1.29, 1.82) is 0 Å². The third kappa shape index (κ3) is 6.06. The average molecular weight is 188 g/mol. The molecule has 1 fully saturated rings. The molecule has 0 spiro atoms. The van der Waals surface area contributed by atoms with Gasteiger partial charge in [0.25, 0.3) is 0 Å². The second-order valence-electron chi connectivity index (χ2n) is 4.16. The van der Waals surface area contributed by atoms with Crippen LogP contribution < -0.4 is 0 Å². The normalized spacial score (nSPS) is 27.7. The highest BCUT2D eigenvalue weighted by molar-refractivity contribution is 4.70. The molecule has 1 aliphatic rings. The summed E-state index contributed by atoms with van der Waals surface area (Å²) in [5, 5.41) is 0. The lowest BCUT2D eigenvalue weighted by molar-refractivity contribution is 0.228. The SMILES string of the molecule is CCC.CCC1CCC(CF)CC1. The molecule has 13 heavy (non-hydrogen) atoms. The molecule has 0 amide bonds. The summed E-state index contributed by atoms with van der Waals surface area (Å²) in [4.78, 5) is 0. The predicted octanol–water partition coefficient (Wildman–Crippen LogP) is 4.59. The standard InChI is InChI=1S/C9H17F.C3H8/c1-2-8-3-5-9(7-10)6-4-8;1-3-2/h8-9H,2-7H2,1H3;3H2,1-2H3. The van der Waals surface area contributed by atoms with Gasteiger partial charge in [-0.25, -0.2) is 0 Å². The van der Waals surface area contributed by atoms with E-state index >= 15 is 0 Å². The van der Waals surface area contributed by atoms with Crippen LogP contribution in [0.5, 0.6) is 0 Å². The predicted molar refractivity (Wildman–Crippen MR) is 57.7 cm³/mol. The summed E-state index contributed by atoms with van der Waals surface area (Å²) in [5.74, 6) is 1.31. The molecule has 0 unspecified atom stereocenters. The zero-order valence-corrected chi connectivity index (χ0v) is 9.48. The van der Waals surface area contributed by atoms with Gasteiger partial charge in [-0.3, -0.25) is 4.39 Å². The minimum Gasteiger partial charge on any atom is -0.251 e. The molecule has 0 aromatic heterocycles. The van der Waals surface area contributed by atoms with Crippen LogP contribution in [0, 0.1) is 11.8 Å². The summed E-state index contributed by atoms with van der Waals surface area (Å²) in [6.45, 7) is 6.40. The van der Waals surface area contributed by atoms with Crippen molar-refractivity contribution in [2.45, 2.75) is 59.3 Å². The molecule has 0 aliphatic heterocycles. The maximum Gasteiger partial charge on any atom is 0.0922 e. The van der Waals surface area contributed by atoms with E-state index in [0.717, 1.165) is 18.8 Å². The van der Waals surface area contributed by atoms with E-state index in [0.29, 0.717) is 5.92 Å². The Kier molecular flexibility index (Phi) is 8.48. The topological polar surface area (TPSA) is 0 Å². The van der Waals surface area contributed by atoms with E-state index in [1.54, 1.807) is 0 Å². The molecular formula is C12H25F. The van der Waals surface area contributed by atoms with Gasteiger partial charge < -0.3 is 0 Å². The Bertz CT molecular complexity index is 81.3. The van der Waals surface area contributed by atoms with Crippen LogP contribution in [-0.2, 0) is 0 Å². The molecule has 1 rings (SSSR count). The number of alkyl halides is 1. The van der Waals surface area contributed by atoms with E-state index in [2.05, 4.69) is 20.8 Å². The van der Waals surface area contributed by atoms with Crippen LogP contribution in [0.3, 0.4) is 0 Å². The highest BCUT2D eigenvalue weighted by Gasteiger charge is 2.19. The molecule has 0 aromatic rings. The van der Waals surface area contributed by atoms with Gasteiger partial charge in [0.15, 0.2) is 0 Å². The van der Waals surface area contributed by atoms with E-state index < -0.39 is 0 Å². The fourth-order valence-corrected chi connectivity index (χ4v) is 1.79. The van der Waals surface area contributed by atoms with Gasteiger partial charge in [-0.15, -0.1) is 0 Å². The second-order valence-corrected chi connectivity index (χ2v) is 4.16. The fourth-order valence-electron chi connectivity index (χ4n) is 1.79. The van der Waals surface area contributed by atoms with Gasteiger partial charge in [-0.2, -0.15) is 0 Å². The Hall–Kier alpha value is -0.0700. The minimum absolute atomic E-state index is 0.0869. The number of hydrogen-bond acceptors (Lipinski definition) is 0. The van der Waals surface area contributed by atoms with Crippen LogP contribution >= 0.6 is 0 Å². The van der Waals surface area contributed by atoms with Crippen LogP contribution in [0.15, 0.2) is 0 Å². The average Bonchev–Trinajstić information content (AvgIpc) is 2.19. The molecule has 0 radical (unpaired) electrons. The third-order valence-electron chi connectivity index (χ3n) is 2.76. The van der Waals surface area contributed by atoms with Crippen molar-refractivity contribution in [2.75, 3.05) is 6.67 Å². The van der Waals surface area contributed by atoms with Crippen molar-refractivity contribution in [3.8, 4) is 0 Å². The van der Waals surface area contributed by atoms with E-state index in [9.17, 15) is 4.39 Å². The van der Waals surface area contributed by atoms with Crippen LogP contribution in [0.25, 0.3) is 0 Å². The lowest BCUT2D eigenvalue weighted by Gasteiger charge is -2.25. The molecule has 1 aliphatic carbocycles. The smallest absolute Gasteiger partial charge is 0.0922 e. The van der Waals surface area contributed by atoms with Crippen molar-refractivity contribution in [2.24, 2.45) is 11.8 Å². The lowest BCUT2D eigenvalue weighted by Crippen LogP contribution is -2.14. The Morgan fingerprint density at radius 1 is 0.923 bits per heavy atom. The summed E-state index contributed by atoms with van der Waals surface area (Å²) in [6, 6.07) is 0. The quantitative estimate of drug-likeness (QED) is 0.594. The van der Waals surface area contributed by atoms with Gasteiger partial charge in [0, 0.05) is 0 Å². The monoisotopic (exact) mass is 188 g/mol. The van der Waals surface area contributed by atoms with Crippen LogP contribution in [0.4, 0.5) is 4.39 Å². The van der Waals surface area contributed by atoms with Gasteiger partial charge in [0.05, 0.1) is 6.67 Å². The van der Waals surface area contributed by atoms with Gasteiger partial charge in [0.2, 0.25) is 0 Å². The molecule has 0 heterocycles.